The number of carbonyl (C=O) groups is 3. The van der Waals surface area contributed by atoms with E-state index in [1.807, 2.05) is 66.7 Å². The van der Waals surface area contributed by atoms with E-state index in [1.165, 1.54) is 0 Å². The van der Waals surface area contributed by atoms with Crippen molar-refractivity contribution in [3.63, 3.8) is 0 Å². The van der Waals surface area contributed by atoms with Crippen molar-refractivity contribution in [2.75, 3.05) is 29.8 Å². The maximum atomic E-state index is 11.3. The van der Waals surface area contributed by atoms with Crippen LogP contribution in [0, 0.1) is 0 Å². The van der Waals surface area contributed by atoms with E-state index in [1.54, 1.807) is 107 Å². The minimum absolute atomic E-state index is 0.609. The number of anilines is 4. The van der Waals surface area contributed by atoms with Gasteiger partial charge < -0.3 is 40.3 Å². The topological polar surface area (TPSA) is 196 Å². The number of nitrogens with one attached hydrogen (secondary N) is 2. The highest BCUT2D eigenvalue weighted by atomic mass is 35.5. The summed E-state index contributed by atoms with van der Waals surface area (Å²) in [4.78, 5) is 47.0. The molecule has 59 heavy (non-hydrogen) atoms. The molecule has 15 heteroatoms. The Kier molecular flexibility index (Phi) is 16.6. The van der Waals surface area contributed by atoms with E-state index >= 15 is 0 Å². The molecule has 0 aliphatic rings. The van der Waals surface area contributed by atoms with Crippen LogP contribution >= 0.6 is 11.6 Å². The first kappa shape index (κ1) is 44.5. The van der Waals surface area contributed by atoms with Gasteiger partial charge in [0.2, 0.25) is 0 Å². The van der Waals surface area contributed by atoms with Crippen molar-refractivity contribution in [3.05, 3.63) is 139 Å². The molecule has 0 fully saturated rings. The third-order valence-corrected chi connectivity index (χ3v) is 8.93. The van der Waals surface area contributed by atoms with Gasteiger partial charge in [0.15, 0.2) is 0 Å². The van der Waals surface area contributed by atoms with E-state index in [2.05, 4.69) is 25.6 Å². The number of carboxylic acids is 3. The standard InChI is InChI=1S/2C15H16N2O3.C14H13ClN2O2/c1-10(15(18)19)17-14-9-16-7-6-13(14)11-4-3-5-12(8-11)20-2;1-10(15(18)19)17-13-9-16-8-7-11(13)12-5-3-4-6-14(12)20-2;1-10(14(18)19)17(13-3-2-8-16-9-13)12-6-4-11(15)5-7-12/h2*3-10,17H,1-2H3,(H,18,19);2-10H,1H3,(H,18,19)/t3*10-/m000/s1. The summed E-state index contributed by atoms with van der Waals surface area (Å²) in [6, 6.07) is 27.4. The fourth-order valence-corrected chi connectivity index (χ4v) is 5.68. The summed E-state index contributed by atoms with van der Waals surface area (Å²) in [5.41, 5.74) is 6.37. The maximum absolute atomic E-state index is 11.3. The molecule has 0 saturated heterocycles. The Balaban J connectivity index is 0.000000196. The molecule has 5 N–H and O–H groups in total. The number of hydrogen-bond acceptors (Lipinski definition) is 11. The van der Waals surface area contributed by atoms with Crippen LogP contribution in [0.4, 0.5) is 22.7 Å². The van der Waals surface area contributed by atoms with Gasteiger partial charge in [0.05, 0.1) is 49.9 Å². The van der Waals surface area contributed by atoms with Crippen molar-refractivity contribution in [1.82, 2.24) is 15.0 Å². The van der Waals surface area contributed by atoms with Gasteiger partial charge >= 0.3 is 17.9 Å². The first-order valence-corrected chi connectivity index (χ1v) is 18.5. The average Bonchev–Trinajstić information content (AvgIpc) is 3.25. The summed E-state index contributed by atoms with van der Waals surface area (Å²) in [6.07, 6.45) is 9.85. The van der Waals surface area contributed by atoms with Crippen LogP contribution in [0.25, 0.3) is 22.3 Å². The second-order valence-corrected chi connectivity index (χ2v) is 13.2. The smallest absolute Gasteiger partial charge is 0.326 e. The van der Waals surface area contributed by atoms with Crippen LogP contribution in [0.2, 0.25) is 5.02 Å². The lowest BCUT2D eigenvalue weighted by atomic mass is 10.0. The lowest BCUT2D eigenvalue weighted by molar-refractivity contribution is -0.138. The normalized spacial score (nSPS) is 11.8. The first-order valence-electron chi connectivity index (χ1n) is 18.2. The summed E-state index contributed by atoms with van der Waals surface area (Å²) < 4.78 is 10.5. The molecule has 6 aromatic rings. The molecular weight excluding hydrogens is 776 g/mol. The number of methoxy groups -OCH3 is 2. The minimum atomic E-state index is -0.917. The van der Waals surface area contributed by atoms with E-state index < -0.39 is 36.0 Å². The monoisotopic (exact) mass is 820 g/mol. The van der Waals surface area contributed by atoms with Crippen LogP contribution in [0.3, 0.4) is 0 Å². The summed E-state index contributed by atoms with van der Waals surface area (Å²) in [6.45, 7) is 4.80. The SMILES string of the molecule is COc1cccc(-c2ccncc2N[C@@H](C)C(=O)O)c1.COc1ccccc1-c1ccncc1N[C@@H](C)C(=O)O.C[C@@H](C(=O)O)N(c1ccc(Cl)cc1)c1cccnc1. The Morgan fingerprint density at radius 1 is 0.610 bits per heavy atom. The van der Waals surface area contributed by atoms with Gasteiger partial charge in [-0.2, -0.15) is 0 Å². The van der Waals surface area contributed by atoms with Gasteiger partial charge in [0.1, 0.15) is 29.6 Å². The molecule has 0 radical (unpaired) electrons. The van der Waals surface area contributed by atoms with Gasteiger partial charge in [0, 0.05) is 46.0 Å². The Hall–Kier alpha value is -7.19. The van der Waals surface area contributed by atoms with Crippen LogP contribution < -0.4 is 25.0 Å². The molecule has 6 rings (SSSR count). The number of aliphatic carboxylic acids is 3. The van der Waals surface area contributed by atoms with Gasteiger partial charge in [0.25, 0.3) is 0 Å². The Morgan fingerprint density at radius 2 is 1.20 bits per heavy atom. The number of halogens is 1. The van der Waals surface area contributed by atoms with Crippen LogP contribution in [-0.2, 0) is 14.4 Å². The molecule has 0 spiro atoms. The lowest BCUT2D eigenvalue weighted by Gasteiger charge is -2.28. The molecule has 0 saturated carbocycles. The number of benzene rings is 3. The molecule has 3 heterocycles. The van der Waals surface area contributed by atoms with Crippen LogP contribution in [-0.4, -0.2) is 80.5 Å². The number of aromatic nitrogens is 3. The molecule has 3 aromatic heterocycles. The van der Waals surface area contributed by atoms with Crippen molar-refractivity contribution >= 4 is 52.3 Å². The van der Waals surface area contributed by atoms with Gasteiger partial charge in [-0.25, -0.2) is 4.79 Å². The molecule has 306 valence electrons. The Labute approximate surface area is 347 Å². The highest BCUT2D eigenvalue weighted by Gasteiger charge is 2.23. The van der Waals surface area contributed by atoms with E-state index in [9.17, 15) is 19.5 Å². The molecule has 0 amide bonds. The van der Waals surface area contributed by atoms with E-state index in [0.29, 0.717) is 16.4 Å². The molecule has 0 aliphatic heterocycles. The fourth-order valence-electron chi connectivity index (χ4n) is 5.56. The zero-order valence-electron chi connectivity index (χ0n) is 33.0. The fraction of sp³-hybridized carbons (Fsp3) is 0.182. The highest BCUT2D eigenvalue weighted by molar-refractivity contribution is 6.30. The average molecular weight is 821 g/mol. The second kappa shape index (κ2) is 21.9. The van der Waals surface area contributed by atoms with E-state index in [-0.39, 0.29) is 0 Å². The molecule has 0 unspecified atom stereocenters. The summed E-state index contributed by atoms with van der Waals surface area (Å²) >= 11 is 5.86. The van der Waals surface area contributed by atoms with Gasteiger partial charge in [-0.05, 0) is 93.1 Å². The van der Waals surface area contributed by atoms with Crippen LogP contribution in [0.1, 0.15) is 20.8 Å². The highest BCUT2D eigenvalue weighted by Crippen LogP contribution is 2.35. The quantitative estimate of drug-likeness (QED) is 0.0700. The summed E-state index contributed by atoms with van der Waals surface area (Å²) in [5, 5.41) is 33.7. The number of para-hydroxylation sites is 1. The zero-order valence-corrected chi connectivity index (χ0v) is 33.7. The lowest BCUT2D eigenvalue weighted by Crippen LogP contribution is -2.35. The van der Waals surface area contributed by atoms with Gasteiger partial charge in [-0.3, -0.25) is 24.5 Å². The molecular formula is C44H45ClN6O8. The predicted molar refractivity (Wildman–Crippen MR) is 229 cm³/mol. The number of rotatable bonds is 14. The number of carboxylic acid groups (broad SMARTS) is 3. The minimum Gasteiger partial charge on any atom is -0.497 e. The largest absolute Gasteiger partial charge is 0.497 e. The third kappa shape index (κ3) is 12.7. The van der Waals surface area contributed by atoms with Crippen molar-refractivity contribution in [2.45, 2.75) is 38.9 Å². The van der Waals surface area contributed by atoms with Crippen molar-refractivity contribution in [3.8, 4) is 33.8 Å². The van der Waals surface area contributed by atoms with Crippen molar-refractivity contribution in [2.24, 2.45) is 0 Å². The third-order valence-electron chi connectivity index (χ3n) is 8.68. The maximum Gasteiger partial charge on any atom is 0.326 e. The number of ether oxygens (including phenoxy) is 2. The molecule has 0 bridgehead atoms. The molecule has 3 atom stereocenters. The molecule has 0 aliphatic carbocycles. The molecule has 3 aromatic carbocycles. The number of hydrogen-bond donors (Lipinski definition) is 5. The van der Waals surface area contributed by atoms with Gasteiger partial charge in [-0.1, -0.05) is 41.9 Å². The van der Waals surface area contributed by atoms with E-state index in [4.69, 9.17) is 31.3 Å². The number of nitrogens with zero attached hydrogens (tertiary/aromatic N) is 4. The molecule has 14 nitrogen and oxygen atoms in total. The van der Waals surface area contributed by atoms with E-state index in [0.717, 1.165) is 45.1 Å². The summed E-state index contributed by atoms with van der Waals surface area (Å²) in [5.74, 6) is -1.26. The van der Waals surface area contributed by atoms with Crippen LogP contribution in [0.5, 0.6) is 11.5 Å². The summed E-state index contributed by atoms with van der Waals surface area (Å²) in [7, 11) is 3.21. The van der Waals surface area contributed by atoms with Crippen molar-refractivity contribution < 1.29 is 39.2 Å². The van der Waals surface area contributed by atoms with Crippen molar-refractivity contribution in [1.29, 1.82) is 0 Å². The zero-order chi connectivity index (χ0) is 42.9. The Bertz CT molecular complexity index is 2300. The Morgan fingerprint density at radius 3 is 1.76 bits per heavy atom. The predicted octanol–water partition coefficient (Wildman–Crippen LogP) is 8.63. The number of pyridine rings is 3. The second-order valence-electron chi connectivity index (χ2n) is 12.8. The first-order chi connectivity index (χ1) is 28.3. The van der Waals surface area contributed by atoms with Gasteiger partial charge in [-0.15, -0.1) is 0 Å². The van der Waals surface area contributed by atoms with Crippen LogP contribution in [0.15, 0.2) is 134 Å².